The van der Waals surface area contributed by atoms with Gasteiger partial charge in [-0.05, 0) is 30.4 Å². The van der Waals surface area contributed by atoms with Crippen LogP contribution in [0, 0.1) is 0 Å². The van der Waals surface area contributed by atoms with Crippen molar-refractivity contribution in [3.05, 3.63) is 35.9 Å². The molecule has 3 amide bonds. The number of amidine groups is 2. The zero-order valence-electron chi connectivity index (χ0n) is 17.3. The molecule has 3 rings (SSSR count). The molecule has 1 fully saturated rings. The summed E-state index contributed by atoms with van der Waals surface area (Å²) in [6, 6.07) is 9.46. The van der Waals surface area contributed by atoms with E-state index in [0.29, 0.717) is 12.4 Å². The summed E-state index contributed by atoms with van der Waals surface area (Å²) < 4.78 is 2.09. The van der Waals surface area contributed by atoms with E-state index in [1.54, 1.807) is 14.1 Å². The Balaban J connectivity index is 1.84. The van der Waals surface area contributed by atoms with E-state index in [2.05, 4.69) is 35.6 Å². The Morgan fingerprint density at radius 3 is 2.46 bits per heavy atom. The van der Waals surface area contributed by atoms with Gasteiger partial charge in [-0.25, -0.2) is 9.37 Å². The number of likely N-dealkylation sites (N-methyl/N-ethyl adjacent to an activating group) is 3. The number of rotatable bonds is 8. The van der Waals surface area contributed by atoms with Crippen molar-refractivity contribution in [2.24, 2.45) is 4.99 Å². The fourth-order valence-electron chi connectivity index (χ4n) is 3.76. The Hall–Kier alpha value is -2.54. The lowest BCUT2D eigenvalue weighted by atomic mass is 10.1. The maximum Gasteiger partial charge on any atom is 0.333 e. The molecule has 0 saturated carbocycles. The Morgan fingerprint density at radius 2 is 1.79 bits per heavy atom. The third-order valence-electron chi connectivity index (χ3n) is 5.32. The number of hydrogen-bond acceptors (Lipinski definition) is 4. The number of nitrogens with zero attached hydrogens (tertiary/aromatic N) is 5. The van der Waals surface area contributed by atoms with Gasteiger partial charge < -0.3 is 0 Å². The van der Waals surface area contributed by atoms with Gasteiger partial charge in [0.15, 0.2) is 0 Å². The number of hydrogen-bond donors (Lipinski definition) is 0. The largest absolute Gasteiger partial charge is 0.333 e. The van der Waals surface area contributed by atoms with Crippen LogP contribution in [0.4, 0.5) is 4.79 Å². The second-order valence-electron chi connectivity index (χ2n) is 7.59. The summed E-state index contributed by atoms with van der Waals surface area (Å²) in [7, 11) is 5.29. The van der Waals surface area contributed by atoms with Crippen LogP contribution in [0.3, 0.4) is 0 Å². The van der Waals surface area contributed by atoms with Crippen molar-refractivity contribution in [1.29, 1.82) is 0 Å². The van der Waals surface area contributed by atoms with E-state index in [1.165, 1.54) is 15.4 Å². The molecule has 0 aliphatic carbocycles. The van der Waals surface area contributed by atoms with Gasteiger partial charge in [0.2, 0.25) is 0 Å². The number of imide groups is 1. The quantitative estimate of drug-likeness (QED) is 0.509. The number of carbonyl (C=O) groups excluding carboxylic acids is 2. The minimum Gasteiger partial charge on any atom is -0.291 e. The highest BCUT2D eigenvalue weighted by molar-refractivity contribution is 6.23. The SMILES string of the molecule is CCCCC[N+]1=C(CN(C)Cc2ccccc2)N=C2C1C(=O)N(C)C(=O)N2C. The molecule has 1 unspecified atom stereocenters. The molecule has 0 aromatic heterocycles. The van der Waals surface area contributed by atoms with E-state index in [9.17, 15) is 9.59 Å². The molecule has 0 spiro atoms. The molecule has 0 N–H and O–H groups in total. The van der Waals surface area contributed by atoms with Gasteiger partial charge >= 0.3 is 11.9 Å². The van der Waals surface area contributed by atoms with E-state index in [-0.39, 0.29) is 11.9 Å². The van der Waals surface area contributed by atoms with Crippen molar-refractivity contribution < 1.29 is 14.2 Å². The van der Waals surface area contributed by atoms with Gasteiger partial charge in [-0.2, -0.15) is 0 Å². The van der Waals surface area contributed by atoms with Gasteiger partial charge in [-0.3, -0.25) is 19.5 Å². The molecular formula is C21H30N5O2+. The smallest absolute Gasteiger partial charge is 0.291 e. The Morgan fingerprint density at radius 1 is 1.07 bits per heavy atom. The third-order valence-corrected chi connectivity index (χ3v) is 5.32. The standard InChI is InChI=1S/C21H30N5O2/c1-5-6-10-13-26-17(15-23(2)14-16-11-8-7-9-12-16)22-19-18(26)20(27)25(4)21(28)24(19)3/h7-9,11-12,18H,5-6,10,13-15H2,1-4H3/q+1. The number of aliphatic imine (C=N–C) groups is 1. The molecular weight excluding hydrogens is 354 g/mol. The van der Waals surface area contributed by atoms with Crippen LogP contribution in [0.2, 0.25) is 0 Å². The third kappa shape index (κ3) is 3.99. The topological polar surface area (TPSA) is 59.2 Å². The molecule has 0 bridgehead atoms. The number of carbonyl (C=O) groups is 2. The fraction of sp³-hybridized carbons (Fsp3) is 0.524. The number of fused-ring (bicyclic) bond motifs is 1. The molecule has 2 heterocycles. The molecule has 2 aliphatic heterocycles. The average Bonchev–Trinajstić information content (AvgIpc) is 3.04. The summed E-state index contributed by atoms with van der Waals surface area (Å²) in [5.41, 5.74) is 1.23. The van der Waals surface area contributed by atoms with E-state index < -0.39 is 6.04 Å². The molecule has 7 nitrogen and oxygen atoms in total. The first-order valence-corrected chi connectivity index (χ1v) is 9.92. The first kappa shape index (κ1) is 20.2. The van der Waals surface area contributed by atoms with Gasteiger partial charge in [-0.1, -0.05) is 43.7 Å². The van der Waals surface area contributed by atoms with E-state index in [0.717, 1.165) is 38.2 Å². The van der Waals surface area contributed by atoms with Crippen molar-refractivity contribution >= 4 is 23.6 Å². The summed E-state index contributed by atoms with van der Waals surface area (Å²) in [5, 5.41) is 0. The monoisotopic (exact) mass is 384 g/mol. The molecule has 1 saturated heterocycles. The highest BCUT2D eigenvalue weighted by Gasteiger charge is 2.52. The number of urea groups is 1. The molecule has 1 atom stereocenters. The summed E-state index contributed by atoms with van der Waals surface area (Å²) in [6.07, 6.45) is 3.21. The number of benzene rings is 1. The number of amides is 3. The zero-order chi connectivity index (χ0) is 20.3. The van der Waals surface area contributed by atoms with Crippen LogP contribution in [0.1, 0.15) is 31.7 Å². The Kier molecular flexibility index (Phi) is 6.24. The molecule has 150 valence electrons. The van der Waals surface area contributed by atoms with Gasteiger partial charge in [0, 0.05) is 20.6 Å². The van der Waals surface area contributed by atoms with E-state index in [4.69, 9.17) is 4.99 Å². The molecule has 2 aliphatic rings. The van der Waals surface area contributed by atoms with Crippen molar-refractivity contribution in [3.63, 3.8) is 0 Å². The predicted octanol–water partition coefficient (Wildman–Crippen LogP) is 2.02. The molecule has 1 aromatic rings. The van der Waals surface area contributed by atoms with Crippen LogP contribution in [0.25, 0.3) is 0 Å². The highest BCUT2D eigenvalue weighted by atomic mass is 16.2. The molecule has 7 heteroatoms. The summed E-state index contributed by atoms with van der Waals surface area (Å²) >= 11 is 0. The fourth-order valence-corrected chi connectivity index (χ4v) is 3.76. The lowest BCUT2D eigenvalue weighted by Gasteiger charge is -2.30. The maximum atomic E-state index is 12.9. The first-order valence-electron chi connectivity index (χ1n) is 9.92. The maximum absolute atomic E-state index is 12.9. The predicted molar refractivity (Wildman–Crippen MR) is 110 cm³/mol. The van der Waals surface area contributed by atoms with Crippen molar-refractivity contribution in [1.82, 2.24) is 14.7 Å². The molecule has 0 radical (unpaired) electrons. The first-order chi connectivity index (χ1) is 13.4. The molecule has 28 heavy (non-hydrogen) atoms. The van der Waals surface area contributed by atoms with Gasteiger partial charge in [-0.15, -0.1) is 0 Å². The normalized spacial score (nSPS) is 19.6. The summed E-state index contributed by atoms with van der Waals surface area (Å²) in [5.74, 6) is 1.21. The summed E-state index contributed by atoms with van der Waals surface area (Å²) in [4.78, 5) is 34.8. The van der Waals surface area contributed by atoms with Crippen LogP contribution < -0.4 is 0 Å². The minimum atomic E-state index is -0.496. The lowest BCUT2D eigenvalue weighted by Crippen LogP contribution is -2.61. The average molecular weight is 385 g/mol. The van der Waals surface area contributed by atoms with Crippen molar-refractivity contribution in [2.75, 3.05) is 34.2 Å². The number of unbranched alkanes of at least 4 members (excludes halogenated alkanes) is 2. The second kappa shape index (κ2) is 8.65. The van der Waals surface area contributed by atoms with Crippen LogP contribution in [0.15, 0.2) is 35.3 Å². The lowest BCUT2D eigenvalue weighted by molar-refractivity contribution is -0.536. The molecule has 1 aromatic carbocycles. The van der Waals surface area contributed by atoms with Gasteiger partial charge in [0.1, 0.15) is 6.54 Å². The van der Waals surface area contributed by atoms with E-state index >= 15 is 0 Å². The van der Waals surface area contributed by atoms with Crippen LogP contribution in [-0.2, 0) is 11.3 Å². The Labute approximate surface area is 166 Å². The minimum absolute atomic E-state index is 0.195. The summed E-state index contributed by atoms with van der Waals surface area (Å²) in [6.45, 7) is 4.35. The highest BCUT2D eigenvalue weighted by Crippen LogP contribution is 2.20. The van der Waals surface area contributed by atoms with Crippen LogP contribution >= 0.6 is 0 Å². The van der Waals surface area contributed by atoms with Crippen LogP contribution in [-0.4, -0.2) is 83.2 Å². The van der Waals surface area contributed by atoms with E-state index in [1.807, 2.05) is 18.2 Å². The van der Waals surface area contributed by atoms with Crippen molar-refractivity contribution in [3.8, 4) is 0 Å². The second-order valence-corrected chi connectivity index (χ2v) is 7.59. The zero-order valence-corrected chi connectivity index (χ0v) is 17.3. The van der Waals surface area contributed by atoms with Gasteiger partial charge in [0.05, 0.1) is 6.54 Å². The van der Waals surface area contributed by atoms with Crippen molar-refractivity contribution in [2.45, 2.75) is 38.8 Å². The Bertz CT molecular complexity index is 802. The van der Waals surface area contributed by atoms with Gasteiger partial charge in [0.25, 0.3) is 17.8 Å². The van der Waals surface area contributed by atoms with Crippen LogP contribution in [0.5, 0.6) is 0 Å².